The average Bonchev–Trinajstić information content (AvgIpc) is 3.50. The van der Waals surface area contributed by atoms with Gasteiger partial charge in [-0.05, 0) is 33.0 Å². The lowest BCUT2D eigenvalue weighted by Gasteiger charge is -2.18. The van der Waals surface area contributed by atoms with Gasteiger partial charge in [-0.2, -0.15) is 9.78 Å². The van der Waals surface area contributed by atoms with Crippen LogP contribution < -0.4 is 20.3 Å². The molecule has 0 spiro atoms. The summed E-state index contributed by atoms with van der Waals surface area (Å²) in [6, 6.07) is 9.80. The number of aromatic nitrogens is 3. The first-order valence-corrected chi connectivity index (χ1v) is 10.6. The van der Waals surface area contributed by atoms with E-state index in [9.17, 15) is 5.26 Å². The Hall–Kier alpha value is -4.17. The molecule has 1 aromatic carbocycles. The Labute approximate surface area is 191 Å². The summed E-state index contributed by atoms with van der Waals surface area (Å²) in [4.78, 5) is 7.74. The Morgan fingerprint density at radius 3 is 2.70 bits per heavy atom. The first-order chi connectivity index (χ1) is 16.0. The SMILES string of the molecule is CN(C)CCOc1cc(Nc2cc(NC3CC3)c3ncc(C#N)n3n2)cc(N(C=N)C=N)c1. The van der Waals surface area contributed by atoms with Gasteiger partial charge in [0.05, 0.1) is 30.2 Å². The monoisotopic (exact) mass is 446 g/mol. The number of likely N-dealkylation sites (N-methyl/N-ethyl adjacent to an activating group) is 1. The second-order valence-electron chi connectivity index (χ2n) is 8.01. The molecule has 33 heavy (non-hydrogen) atoms. The zero-order chi connectivity index (χ0) is 23.4. The highest BCUT2D eigenvalue weighted by Crippen LogP contribution is 2.31. The van der Waals surface area contributed by atoms with Crippen molar-refractivity contribution in [3.05, 3.63) is 36.2 Å². The molecule has 11 heteroatoms. The van der Waals surface area contributed by atoms with Gasteiger partial charge in [0, 0.05) is 36.5 Å². The number of nitriles is 1. The minimum Gasteiger partial charge on any atom is -0.492 e. The molecule has 0 bridgehead atoms. The summed E-state index contributed by atoms with van der Waals surface area (Å²) in [5.74, 6) is 1.12. The maximum atomic E-state index is 9.44. The molecule has 170 valence electrons. The van der Waals surface area contributed by atoms with Crippen molar-refractivity contribution in [3.63, 3.8) is 0 Å². The van der Waals surface area contributed by atoms with Gasteiger partial charge in [0.15, 0.2) is 17.2 Å². The Morgan fingerprint density at radius 1 is 1.24 bits per heavy atom. The van der Waals surface area contributed by atoms with Gasteiger partial charge in [0.1, 0.15) is 18.4 Å². The van der Waals surface area contributed by atoms with Crippen LogP contribution in [0.15, 0.2) is 30.5 Å². The summed E-state index contributed by atoms with van der Waals surface area (Å²) in [7, 11) is 3.94. The molecule has 2 aromatic heterocycles. The fourth-order valence-corrected chi connectivity index (χ4v) is 3.23. The number of anilines is 4. The van der Waals surface area contributed by atoms with Crippen LogP contribution in [0.3, 0.4) is 0 Å². The number of hydrogen-bond donors (Lipinski definition) is 4. The lowest BCUT2D eigenvalue weighted by atomic mass is 10.2. The predicted octanol–water partition coefficient (Wildman–Crippen LogP) is 2.88. The molecule has 0 radical (unpaired) electrons. The summed E-state index contributed by atoms with van der Waals surface area (Å²) in [6.07, 6.45) is 5.82. The van der Waals surface area contributed by atoms with Gasteiger partial charge in [-0.3, -0.25) is 15.7 Å². The van der Waals surface area contributed by atoms with Gasteiger partial charge in [-0.1, -0.05) is 0 Å². The average molecular weight is 447 g/mol. The molecule has 0 atom stereocenters. The highest BCUT2D eigenvalue weighted by Gasteiger charge is 2.23. The van der Waals surface area contributed by atoms with Crippen LogP contribution in [0.5, 0.6) is 5.75 Å². The largest absolute Gasteiger partial charge is 0.492 e. The lowest BCUT2D eigenvalue weighted by molar-refractivity contribution is 0.261. The molecule has 2 heterocycles. The van der Waals surface area contributed by atoms with Crippen molar-refractivity contribution < 1.29 is 4.74 Å². The van der Waals surface area contributed by atoms with Crippen LogP contribution in [0.2, 0.25) is 0 Å². The summed E-state index contributed by atoms with van der Waals surface area (Å²) in [6.45, 7) is 1.24. The number of imidazole rings is 1. The van der Waals surface area contributed by atoms with Gasteiger partial charge in [0.25, 0.3) is 0 Å². The smallest absolute Gasteiger partial charge is 0.178 e. The fourth-order valence-electron chi connectivity index (χ4n) is 3.23. The summed E-state index contributed by atoms with van der Waals surface area (Å²) < 4.78 is 7.43. The quantitative estimate of drug-likeness (QED) is 0.260. The van der Waals surface area contributed by atoms with E-state index in [2.05, 4.69) is 26.8 Å². The molecule has 1 fully saturated rings. The van der Waals surface area contributed by atoms with Gasteiger partial charge < -0.3 is 20.3 Å². The number of nitrogens with zero attached hydrogens (tertiary/aromatic N) is 6. The summed E-state index contributed by atoms with van der Waals surface area (Å²) >= 11 is 0. The fraction of sp³-hybridized carbons (Fsp3) is 0.318. The van der Waals surface area contributed by atoms with Gasteiger partial charge >= 0.3 is 0 Å². The molecule has 0 unspecified atom stereocenters. The van der Waals surface area contributed by atoms with Crippen molar-refractivity contribution in [2.24, 2.45) is 0 Å². The Morgan fingerprint density at radius 2 is 2.03 bits per heavy atom. The third-order valence-electron chi connectivity index (χ3n) is 5.07. The number of benzene rings is 1. The van der Waals surface area contributed by atoms with E-state index in [1.807, 2.05) is 31.1 Å². The Kier molecular flexibility index (Phi) is 6.37. The van der Waals surface area contributed by atoms with E-state index < -0.39 is 0 Å². The highest BCUT2D eigenvalue weighted by atomic mass is 16.5. The number of hydrogen-bond acceptors (Lipinski definition) is 9. The highest BCUT2D eigenvalue weighted by molar-refractivity contribution is 5.98. The molecular weight excluding hydrogens is 420 g/mol. The van der Waals surface area contributed by atoms with E-state index in [4.69, 9.17) is 15.6 Å². The van der Waals surface area contributed by atoms with Crippen LogP contribution in [-0.2, 0) is 0 Å². The minimum atomic E-state index is 0.341. The van der Waals surface area contributed by atoms with E-state index in [-0.39, 0.29) is 0 Å². The second-order valence-corrected chi connectivity index (χ2v) is 8.01. The standard InChI is InChI=1S/C22H26N10O/c1-30(2)5-6-33-19-8-16(7-17(9-19)31(13-24)14-25)28-21-10-20(27-15-3-4-15)22-26-12-18(11-23)32(22)29-21/h7-10,12-15,24-25,27H,3-6H2,1-2H3,(H,28,29). The maximum Gasteiger partial charge on any atom is 0.178 e. The number of rotatable bonds is 11. The molecule has 4 N–H and O–H groups in total. The second kappa shape index (κ2) is 9.54. The first-order valence-electron chi connectivity index (χ1n) is 10.6. The van der Waals surface area contributed by atoms with Crippen LogP contribution in [0.1, 0.15) is 18.5 Å². The van der Waals surface area contributed by atoms with Crippen molar-refractivity contribution in [2.75, 3.05) is 42.8 Å². The van der Waals surface area contributed by atoms with Crippen molar-refractivity contribution in [2.45, 2.75) is 18.9 Å². The van der Waals surface area contributed by atoms with Crippen molar-refractivity contribution in [1.29, 1.82) is 16.1 Å². The van der Waals surface area contributed by atoms with Crippen LogP contribution in [0.25, 0.3) is 5.65 Å². The third kappa shape index (κ3) is 5.19. The molecule has 0 amide bonds. The topological polar surface area (TPSA) is 141 Å². The van der Waals surface area contributed by atoms with Crippen molar-refractivity contribution in [3.8, 4) is 11.8 Å². The maximum absolute atomic E-state index is 9.44. The molecule has 1 saturated carbocycles. The Balaban J connectivity index is 1.69. The Bertz CT molecular complexity index is 1200. The number of ether oxygens (including phenoxy) is 1. The van der Waals surface area contributed by atoms with Gasteiger partial charge in [-0.25, -0.2) is 4.98 Å². The van der Waals surface area contributed by atoms with Crippen LogP contribution >= 0.6 is 0 Å². The normalized spacial score (nSPS) is 12.9. The molecule has 1 aliphatic rings. The van der Waals surface area contributed by atoms with Crippen LogP contribution in [0.4, 0.5) is 22.9 Å². The minimum absolute atomic E-state index is 0.341. The molecule has 0 saturated heterocycles. The van der Waals surface area contributed by atoms with Gasteiger partial charge in [0.2, 0.25) is 0 Å². The lowest BCUT2D eigenvalue weighted by Crippen LogP contribution is -2.20. The van der Waals surface area contributed by atoms with Crippen LogP contribution in [-0.4, -0.2) is 65.5 Å². The zero-order valence-electron chi connectivity index (χ0n) is 18.5. The van der Waals surface area contributed by atoms with E-state index >= 15 is 0 Å². The van der Waals surface area contributed by atoms with Crippen molar-refractivity contribution in [1.82, 2.24) is 19.5 Å². The van der Waals surface area contributed by atoms with E-state index in [1.165, 1.54) is 15.6 Å². The summed E-state index contributed by atoms with van der Waals surface area (Å²) in [5.41, 5.74) is 3.01. The molecular formula is C22H26N10O. The molecule has 0 aliphatic heterocycles. The molecule has 1 aliphatic carbocycles. The van der Waals surface area contributed by atoms with Gasteiger partial charge in [-0.15, -0.1) is 5.10 Å². The number of fused-ring (bicyclic) bond motifs is 1. The van der Waals surface area contributed by atoms with Crippen LogP contribution in [0, 0.1) is 22.1 Å². The molecule has 11 nitrogen and oxygen atoms in total. The number of nitrogens with one attached hydrogen (secondary N) is 4. The van der Waals surface area contributed by atoms with E-state index in [0.717, 1.165) is 37.8 Å². The predicted molar refractivity (Wildman–Crippen MR) is 128 cm³/mol. The molecule has 4 rings (SSSR count). The van der Waals surface area contributed by atoms with E-state index in [1.54, 1.807) is 12.1 Å². The van der Waals surface area contributed by atoms with Crippen molar-refractivity contribution >= 4 is 41.2 Å². The third-order valence-corrected chi connectivity index (χ3v) is 5.07. The van der Waals surface area contributed by atoms with E-state index in [0.29, 0.717) is 46.9 Å². The summed E-state index contributed by atoms with van der Waals surface area (Å²) in [5, 5.41) is 35.9. The zero-order valence-corrected chi connectivity index (χ0v) is 18.5. The first kappa shape index (κ1) is 22.0. The molecule has 3 aromatic rings.